The van der Waals surface area contributed by atoms with Crippen LogP contribution in [0, 0.1) is 5.92 Å². The van der Waals surface area contributed by atoms with Crippen LogP contribution >= 0.6 is 0 Å². The number of nitrogen functional groups attached to an aromatic ring is 1. The van der Waals surface area contributed by atoms with Crippen LogP contribution in [0.25, 0.3) is 0 Å². The van der Waals surface area contributed by atoms with Gasteiger partial charge in [0.2, 0.25) is 5.91 Å². The Hall–Kier alpha value is -2.69. The van der Waals surface area contributed by atoms with Gasteiger partial charge in [-0.2, -0.15) is 0 Å². The monoisotopic (exact) mass is 328 g/mol. The fraction of sp³-hybridized carbons (Fsp3) is 0.316. The molecule has 2 aromatic carbocycles. The predicted octanol–water partition coefficient (Wildman–Crippen LogP) is 3.49. The summed E-state index contributed by atoms with van der Waals surface area (Å²) in [5, 5.41) is 2.83. The van der Waals surface area contributed by atoms with Gasteiger partial charge in [0, 0.05) is 5.69 Å². The van der Waals surface area contributed by atoms with Crippen LogP contribution in [0.2, 0.25) is 0 Å². The van der Waals surface area contributed by atoms with Crippen molar-refractivity contribution in [3.05, 3.63) is 48.0 Å². The number of carbonyl (C=O) groups excluding carboxylic acids is 1. The Labute approximate surface area is 142 Å². The molecule has 0 fully saturated rings. The quantitative estimate of drug-likeness (QED) is 0.763. The number of hydrogen-bond acceptors (Lipinski definition) is 4. The molecule has 5 heteroatoms. The molecule has 0 radical (unpaired) electrons. The number of rotatable bonds is 7. The lowest BCUT2D eigenvalue weighted by Gasteiger charge is -2.10. The van der Waals surface area contributed by atoms with Crippen LogP contribution in [0.5, 0.6) is 11.5 Å². The van der Waals surface area contributed by atoms with Gasteiger partial charge in [-0.05, 0) is 41.8 Å². The lowest BCUT2D eigenvalue weighted by Crippen LogP contribution is -2.14. The summed E-state index contributed by atoms with van der Waals surface area (Å²) in [6.07, 6.45) is 0.288. The lowest BCUT2D eigenvalue weighted by molar-refractivity contribution is -0.115. The summed E-state index contributed by atoms with van der Waals surface area (Å²) in [5.41, 5.74) is 7.89. The van der Waals surface area contributed by atoms with Crippen molar-refractivity contribution in [3.8, 4) is 11.5 Å². The summed E-state index contributed by atoms with van der Waals surface area (Å²) in [4.78, 5) is 12.1. The molecule has 0 saturated heterocycles. The van der Waals surface area contributed by atoms with Crippen molar-refractivity contribution < 1.29 is 14.3 Å². The second-order valence-electron chi connectivity index (χ2n) is 6.03. The SMILES string of the molecule is COc1ccc(NC(=O)Cc2ccc(OCC(C)C)cc2)cc1N. The van der Waals surface area contributed by atoms with E-state index < -0.39 is 0 Å². The number of methoxy groups -OCH3 is 1. The molecule has 0 aromatic heterocycles. The van der Waals surface area contributed by atoms with Crippen LogP contribution in [0.4, 0.5) is 11.4 Å². The topological polar surface area (TPSA) is 73.6 Å². The van der Waals surface area contributed by atoms with Crippen LogP contribution in [0.1, 0.15) is 19.4 Å². The molecular formula is C19H24N2O3. The first-order chi connectivity index (χ1) is 11.5. The molecule has 2 aromatic rings. The second kappa shape index (κ2) is 8.24. The summed E-state index contributed by atoms with van der Waals surface area (Å²) in [7, 11) is 1.55. The van der Waals surface area contributed by atoms with E-state index in [0.717, 1.165) is 11.3 Å². The third kappa shape index (κ3) is 5.19. The molecule has 0 saturated carbocycles. The Kier molecular flexibility index (Phi) is 6.07. The van der Waals surface area contributed by atoms with E-state index in [4.69, 9.17) is 15.2 Å². The molecule has 0 spiro atoms. The summed E-state index contributed by atoms with van der Waals surface area (Å²) in [6.45, 7) is 4.88. The minimum atomic E-state index is -0.101. The molecule has 128 valence electrons. The van der Waals surface area contributed by atoms with Gasteiger partial charge in [-0.1, -0.05) is 26.0 Å². The molecule has 1 amide bonds. The number of anilines is 2. The Morgan fingerprint density at radius 3 is 2.46 bits per heavy atom. The average molecular weight is 328 g/mol. The summed E-state index contributed by atoms with van der Waals surface area (Å²) >= 11 is 0. The van der Waals surface area contributed by atoms with Crippen molar-refractivity contribution in [2.75, 3.05) is 24.8 Å². The fourth-order valence-corrected chi connectivity index (χ4v) is 2.17. The van der Waals surface area contributed by atoms with E-state index in [-0.39, 0.29) is 12.3 Å². The van der Waals surface area contributed by atoms with Crippen LogP contribution in [-0.4, -0.2) is 19.6 Å². The number of hydrogen-bond donors (Lipinski definition) is 2. The zero-order valence-electron chi connectivity index (χ0n) is 14.3. The van der Waals surface area contributed by atoms with Gasteiger partial charge in [0.25, 0.3) is 0 Å². The molecule has 3 N–H and O–H groups in total. The molecule has 24 heavy (non-hydrogen) atoms. The zero-order valence-corrected chi connectivity index (χ0v) is 14.3. The lowest BCUT2D eigenvalue weighted by atomic mass is 10.1. The maximum atomic E-state index is 12.1. The number of nitrogens with two attached hydrogens (primary N) is 1. The van der Waals surface area contributed by atoms with Crippen LogP contribution in [0.3, 0.4) is 0 Å². The van der Waals surface area contributed by atoms with Gasteiger partial charge in [-0.3, -0.25) is 4.79 Å². The first-order valence-corrected chi connectivity index (χ1v) is 7.93. The van der Waals surface area contributed by atoms with Crippen molar-refractivity contribution in [2.24, 2.45) is 5.92 Å². The Morgan fingerprint density at radius 2 is 1.88 bits per heavy atom. The third-order valence-corrected chi connectivity index (χ3v) is 3.38. The highest BCUT2D eigenvalue weighted by atomic mass is 16.5. The highest BCUT2D eigenvalue weighted by Gasteiger charge is 2.07. The highest BCUT2D eigenvalue weighted by molar-refractivity contribution is 5.92. The smallest absolute Gasteiger partial charge is 0.228 e. The van der Waals surface area contributed by atoms with Gasteiger partial charge in [0.1, 0.15) is 11.5 Å². The van der Waals surface area contributed by atoms with E-state index in [1.807, 2.05) is 24.3 Å². The average Bonchev–Trinajstić information content (AvgIpc) is 2.54. The number of carbonyl (C=O) groups is 1. The molecule has 0 heterocycles. The number of benzene rings is 2. The Balaban J connectivity index is 1.91. The van der Waals surface area contributed by atoms with E-state index in [1.54, 1.807) is 25.3 Å². The van der Waals surface area contributed by atoms with Crippen molar-refractivity contribution in [1.82, 2.24) is 0 Å². The molecular weight excluding hydrogens is 304 g/mol. The first kappa shape index (κ1) is 17.7. The molecule has 0 unspecified atom stereocenters. The minimum absolute atomic E-state index is 0.101. The van der Waals surface area contributed by atoms with Crippen molar-refractivity contribution >= 4 is 17.3 Å². The predicted molar refractivity (Wildman–Crippen MR) is 96.5 cm³/mol. The maximum absolute atomic E-state index is 12.1. The molecule has 0 aliphatic rings. The molecule has 5 nitrogen and oxygen atoms in total. The van der Waals surface area contributed by atoms with Crippen LogP contribution in [-0.2, 0) is 11.2 Å². The largest absolute Gasteiger partial charge is 0.495 e. The first-order valence-electron chi connectivity index (χ1n) is 7.93. The number of ether oxygens (including phenoxy) is 2. The van der Waals surface area contributed by atoms with E-state index in [9.17, 15) is 4.79 Å². The van der Waals surface area contributed by atoms with E-state index >= 15 is 0 Å². The molecule has 2 rings (SSSR count). The maximum Gasteiger partial charge on any atom is 0.228 e. The van der Waals surface area contributed by atoms with Gasteiger partial charge in [-0.15, -0.1) is 0 Å². The number of nitrogens with one attached hydrogen (secondary N) is 1. The molecule has 0 aliphatic heterocycles. The van der Waals surface area contributed by atoms with Crippen molar-refractivity contribution in [2.45, 2.75) is 20.3 Å². The molecule has 0 aliphatic carbocycles. The van der Waals surface area contributed by atoms with E-state index in [0.29, 0.717) is 29.6 Å². The van der Waals surface area contributed by atoms with E-state index in [1.165, 1.54) is 0 Å². The highest BCUT2D eigenvalue weighted by Crippen LogP contribution is 2.24. The fourth-order valence-electron chi connectivity index (χ4n) is 2.17. The normalized spacial score (nSPS) is 10.5. The second-order valence-corrected chi connectivity index (χ2v) is 6.03. The van der Waals surface area contributed by atoms with Gasteiger partial charge < -0.3 is 20.5 Å². The van der Waals surface area contributed by atoms with Crippen LogP contribution < -0.4 is 20.5 Å². The Bertz CT molecular complexity index is 682. The van der Waals surface area contributed by atoms with Crippen molar-refractivity contribution in [3.63, 3.8) is 0 Å². The van der Waals surface area contributed by atoms with Gasteiger partial charge >= 0.3 is 0 Å². The summed E-state index contributed by atoms with van der Waals surface area (Å²) in [6, 6.07) is 12.7. The minimum Gasteiger partial charge on any atom is -0.495 e. The van der Waals surface area contributed by atoms with Crippen molar-refractivity contribution in [1.29, 1.82) is 0 Å². The van der Waals surface area contributed by atoms with Gasteiger partial charge in [-0.25, -0.2) is 0 Å². The zero-order chi connectivity index (χ0) is 17.5. The van der Waals surface area contributed by atoms with E-state index in [2.05, 4.69) is 19.2 Å². The Morgan fingerprint density at radius 1 is 1.17 bits per heavy atom. The third-order valence-electron chi connectivity index (χ3n) is 3.38. The van der Waals surface area contributed by atoms with Gasteiger partial charge in [0.05, 0.1) is 25.8 Å². The summed E-state index contributed by atoms with van der Waals surface area (Å²) in [5.74, 6) is 1.78. The van der Waals surface area contributed by atoms with Crippen LogP contribution in [0.15, 0.2) is 42.5 Å². The van der Waals surface area contributed by atoms with Gasteiger partial charge in [0.15, 0.2) is 0 Å². The number of amides is 1. The molecule has 0 atom stereocenters. The molecule has 0 bridgehead atoms. The summed E-state index contributed by atoms with van der Waals surface area (Å²) < 4.78 is 10.7. The standard InChI is InChI=1S/C19H24N2O3/c1-13(2)12-24-16-7-4-14(5-8-16)10-19(22)21-15-6-9-18(23-3)17(20)11-15/h4-9,11,13H,10,12,20H2,1-3H3,(H,21,22).